The van der Waals surface area contributed by atoms with Gasteiger partial charge in [-0.05, 0) is 62.3 Å². The Morgan fingerprint density at radius 3 is 2.78 bits per heavy atom. The number of nitrogens with zero attached hydrogens (tertiary/aromatic N) is 5. The third-order valence-electron chi connectivity index (χ3n) is 6.67. The summed E-state index contributed by atoms with van der Waals surface area (Å²) >= 11 is 0. The Morgan fingerprint density at radius 1 is 1.19 bits per heavy atom. The molecule has 4 heterocycles. The summed E-state index contributed by atoms with van der Waals surface area (Å²) in [6.07, 6.45) is 6.98. The minimum Gasteiger partial charge on any atom is -0.353 e. The van der Waals surface area contributed by atoms with Crippen LogP contribution in [0, 0.1) is 11.8 Å². The number of aromatic nitrogens is 3. The molecule has 7 heteroatoms. The molecule has 4 rings (SSSR count). The van der Waals surface area contributed by atoms with Gasteiger partial charge in [-0.2, -0.15) is 5.10 Å². The molecule has 1 amide bonds. The van der Waals surface area contributed by atoms with Gasteiger partial charge in [-0.25, -0.2) is 4.98 Å². The summed E-state index contributed by atoms with van der Waals surface area (Å²) in [7, 11) is 0. The van der Waals surface area contributed by atoms with E-state index in [9.17, 15) is 4.79 Å². The molecule has 0 aromatic carbocycles. The number of carbonyl (C=O) groups is 1. The molecule has 0 bridgehead atoms. The molecule has 2 aromatic rings. The molecule has 174 valence electrons. The number of hydrogen-bond donors (Lipinski definition) is 1. The average Bonchev–Trinajstić information content (AvgIpc) is 3.24. The summed E-state index contributed by atoms with van der Waals surface area (Å²) in [5.74, 6) is 2.56. The lowest BCUT2D eigenvalue weighted by Gasteiger charge is -2.36. The Hall–Kier alpha value is -2.41. The van der Waals surface area contributed by atoms with Crippen molar-refractivity contribution in [3.63, 3.8) is 0 Å². The lowest BCUT2D eigenvalue weighted by Crippen LogP contribution is -2.49. The zero-order chi connectivity index (χ0) is 22.3. The van der Waals surface area contributed by atoms with E-state index in [4.69, 9.17) is 0 Å². The summed E-state index contributed by atoms with van der Waals surface area (Å²) in [5, 5.41) is 7.69. The first-order chi connectivity index (χ1) is 15.6. The maximum absolute atomic E-state index is 12.8. The third kappa shape index (κ3) is 6.31. The quantitative estimate of drug-likeness (QED) is 0.685. The summed E-state index contributed by atoms with van der Waals surface area (Å²) in [6, 6.07) is 8.22. The second-order valence-corrected chi connectivity index (χ2v) is 9.82. The Kier molecular flexibility index (Phi) is 7.79. The SMILES string of the molecule is CC(C)Cc1cc(CN2CCCC(CCC(=O)N3CCN(c4ccccn4)CC3)C2)[nH]n1. The zero-order valence-electron chi connectivity index (χ0n) is 19.7. The van der Waals surface area contributed by atoms with Gasteiger partial charge in [0.1, 0.15) is 5.82 Å². The van der Waals surface area contributed by atoms with E-state index in [0.29, 0.717) is 24.2 Å². The smallest absolute Gasteiger partial charge is 0.222 e. The molecule has 7 nitrogen and oxygen atoms in total. The lowest BCUT2D eigenvalue weighted by atomic mass is 9.93. The van der Waals surface area contributed by atoms with Crippen molar-refractivity contribution in [2.24, 2.45) is 11.8 Å². The molecule has 32 heavy (non-hydrogen) atoms. The number of H-pyrrole nitrogens is 1. The van der Waals surface area contributed by atoms with E-state index in [-0.39, 0.29) is 0 Å². The Bertz CT molecular complexity index is 843. The molecular weight excluding hydrogens is 400 g/mol. The van der Waals surface area contributed by atoms with Crippen molar-refractivity contribution in [2.45, 2.75) is 52.5 Å². The normalized spacial score (nSPS) is 20.2. The maximum atomic E-state index is 12.8. The number of amides is 1. The van der Waals surface area contributed by atoms with Crippen LogP contribution in [0.2, 0.25) is 0 Å². The largest absolute Gasteiger partial charge is 0.353 e. The van der Waals surface area contributed by atoms with Crippen LogP contribution in [0.3, 0.4) is 0 Å². The molecule has 2 saturated heterocycles. The predicted octanol–water partition coefficient (Wildman–Crippen LogP) is 3.34. The van der Waals surface area contributed by atoms with E-state index < -0.39 is 0 Å². The third-order valence-corrected chi connectivity index (χ3v) is 6.67. The molecule has 2 aromatic heterocycles. The summed E-state index contributed by atoms with van der Waals surface area (Å²) in [4.78, 5) is 24.1. The fourth-order valence-electron chi connectivity index (χ4n) is 5.00. The van der Waals surface area contributed by atoms with Crippen LogP contribution in [0.4, 0.5) is 5.82 Å². The highest BCUT2D eigenvalue weighted by Gasteiger charge is 2.25. The van der Waals surface area contributed by atoms with Crippen molar-refractivity contribution < 1.29 is 4.79 Å². The van der Waals surface area contributed by atoms with Gasteiger partial charge in [-0.15, -0.1) is 0 Å². The van der Waals surface area contributed by atoms with Crippen molar-refractivity contribution in [1.29, 1.82) is 0 Å². The van der Waals surface area contributed by atoms with Gasteiger partial charge in [0.25, 0.3) is 0 Å². The number of pyridine rings is 1. The number of likely N-dealkylation sites (tertiary alicyclic amines) is 1. The molecule has 0 aliphatic carbocycles. The fourth-order valence-corrected chi connectivity index (χ4v) is 5.00. The summed E-state index contributed by atoms with van der Waals surface area (Å²) < 4.78 is 0. The molecule has 1 unspecified atom stereocenters. The van der Waals surface area contributed by atoms with Crippen molar-refractivity contribution in [3.05, 3.63) is 41.9 Å². The number of aromatic amines is 1. The molecule has 1 N–H and O–H groups in total. The van der Waals surface area contributed by atoms with E-state index in [2.05, 4.69) is 44.9 Å². The first kappa shape index (κ1) is 22.8. The van der Waals surface area contributed by atoms with Crippen LogP contribution in [0.25, 0.3) is 0 Å². The highest BCUT2D eigenvalue weighted by atomic mass is 16.2. The van der Waals surface area contributed by atoms with Crippen LogP contribution in [0.1, 0.15) is 50.9 Å². The number of piperazine rings is 1. The van der Waals surface area contributed by atoms with E-state index in [1.54, 1.807) is 0 Å². The highest BCUT2D eigenvalue weighted by Crippen LogP contribution is 2.23. The van der Waals surface area contributed by atoms with E-state index in [1.165, 1.54) is 18.5 Å². The van der Waals surface area contributed by atoms with Crippen molar-refractivity contribution >= 4 is 11.7 Å². The second kappa shape index (κ2) is 10.9. The Labute approximate surface area is 192 Å². The second-order valence-electron chi connectivity index (χ2n) is 9.82. The maximum Gasteiger partial charge on any atom is 0.222 e. The summed E-state index contributed by atoms with van der Waals surface area (Å²) in [6.45, 7) is 10.9. The number of carbonyl (C=O) groups excluding carboxylic acids is 1. The van der Waals surface area contributed by atoms with Crippen LogP contribution in [-0.2, 0) is 17.8 Å². The Morgan fingerprint density at radius 2 is 2.03 bits per heavy atom. The number of anilines is 1. The molecule has 2 fully saturated rings. The molecule has 0 saturated carbocycles. The minimum absolute atomic E-state index is 0.315. The van der Waals surface area contributed by atoms with Crippen LogP contribution in [-0.4, -0.2) is 70.2 Å². The van der Waals surface area contributed by atoms with Gasteiger partial charge in [0, 0.05) is 57.6 Å². The number of piperidine rings is 1. The van der Waals surface area contributed by atoms with Gasteiger partial charge in [-0.3, -0.25) is 14.8 Å². The predicted molar refractivity (Wildman–Crippen MR) is 127 cm³/mol. The standard InChI is InChI=1S/C25H38N6O/c1-20(2)16-22-17-23(28-27-22)19-29-11-5-6-21(18-29)8-9-25(32)31-14-12-30(13-15-31)24-7-3-4-10-26-24/h3-4,7,10,17,20-21H,5-6,8-9,11-16,18-19H2,1-2H3,(H,27,28). The van der Waals surface area contributed by atoms with E-state index in [0.717, 1.165) is 70.2 Å². The van der Waals surface area contributed by atoms with Gasteiger partial charge in [0.2, 0.25) is 5.91 Å². The van der Waals surface area contributed by atoms with Crippen LogP contribution >= 0.6 is 0 Å². The van der Waals surface area contributed by atoms with Gasteiger partial charge in [0.15, 0.2) is 0 Å². The molecule has 2 aliphatic heterocycles. The number of nitrogens with one attached hydrogen (secondary N) is 1. The molecule has 0 spiro atoms. The molecular formula is C25H38N6O. The first-order valence-corrected chi connectivity index (χ1v) is 12.3. The molecule has 0 radical (unpaired) electrons. The van der Waals surface area contributed by atoms with E-state index >= 15 is 0 Å². The number of hydrogen-bond acceptors (Lipinski definition) is 5. The van der Waals surface area contributed by atoms with Crippen LogP contribution in [0.5, 0.6) is 0 Å². The van der Waals surface area contributed by atoms with Gasteiger partial charge < -0.3 is 9.80 Å². The lowest BCUT2D eigenvalue weighted by molar-refractivity contribution is -0.131. The Balaban J connectivity index is 1.18. The summed E-state index contributed by atoms with van der Waals surface area (Å²) in [5.41, 5.74) is 2.38. The number of rotatable bonds is 8. The first-order valence-electron chi connectivity index (χ1n) is 12.3. The van der Waals surface area contributed by atoms with Crippen molar-refractivity contribution in [3.8, 4) is 0 Å². The van der Waals surface area contributed by atoms with E-state index in [1.807, 2.05) is 29.3 Å². The molecule has 2 aliphatic rings. The van der Waals surface area contributed by atoms with Gasteiger partial charge >= 0.3 is 0 Å². The monoisotopic (exact) mass is 438 g/mol. The minimum atomic E-state index is 0.315. The highest BCUT2D eigenvalue weighted by molar-refractivity contribution is 5.76. The topological polar surface area (TPSA) is 68.4 Å². The fraction of sp³-hybridized carbons (Fsp3) is 0.640. The van der Waals surface area contributed by atoms with Gasteiger partial charge in [-0.1, -0.05) is 19.9 Å². The van der Waals surface area contributed by atoms with Crippen LogP contribution in [0.15, 0.2) is 30.5 Å². The zero-order valence-corrected chi connectivity index (χ0v) is 19.7. The molecule has 1 atom stereocenters. The average molecular weight is 439 g/mol. The van der Waals surface area contributed by atoms with Gasteiger partial charge in [0.05, 0.1) is 5.69 Å². The van der Waals surface area contributed by atoms with Crippen LogP contribution < -0.4 is 4.90 Å². The van der Waals surface area contributed by atoms with Crippen molar-refractivity contribution in [2.75, 3.05) is 44.2 Å². The van der Waals surface area contributed by atoms with Crippen molar-refractivity contribution in [1.82, 2.24) is 25.0 Å².